The Labute approximate surface area is 167 Å². The van der Waals surface area contributed by atoms with Gasteiger partial charge in [0.1, 0.15) is 11.5 Å². The smallest absolute Gasteiger partial charge is 0.274 e. The lowest BCUT2D eigenvalue weighted by atomic mass is 10.1. The van der Waals surface area contributed by atoms with Gasteiger partial charge < -0.3 is 15.6 Å². The maximum atomic E-state index is 12.7. The van der Waals surface area contributed by atoms with E-state index in [1.807, 2.05) is 43.3 Å². The van der Waals surface area contributed by atoms with Crippen molar-refractivity contribution < 1.29 is 9.59 Å². The first kappa shape index (κ1) is 18.4. The zero-order chi connectivity index (χ0) is 20.4. The summed E-state index contributed by atoms with van der Waals surface area (Å²) in [5, 5.41) is 5.40. The van der Waals surface area contributed by atoms with E-state index >= 15 is 0 Å². The molecular weight excluding hydrogens is 366 g/mol. The van der Waals surface area contributed by atoms with Gasteiger partial charge in [-0.25, -0.2) is 9.97 Å². The van der Waals surface area contributed by atoms with Gasteiger partial charge in [-0.05, 0) is 31.2 Å². The third kappa shape index (κ3) is 3.70. The molecule has 2 aromatic heterocycles. The molecule has 0 aliphatic rings. The number of fused-ring (bicyclic) bond motifs is 1. The Balaban J connectivity index is 1.77. The largest absolute Gasteiger partial charge is 0.355 e. The van der Waals surface area contributed by atoms with Crippen LogP contribution in [-0.2, 0) is 0 Å². The molecule has 4 rings (SSSR count). The van der Waals surface area contributed by atoms with Crippen molar-refractivity contribution in [1.82, 2.24) is 20.3 Å². The first-order chi connectivity index (χ1) is 14.0. The van der Waals surface area contributed by atoms with Crippen LogP contribution in [0.3, 0.4) is 0 Å². The maximum Gasteiger partial charge on any atom is 0.274 e. The van der Waals surface area contributed by atoms with E-state index in [-0.39, 0.29) is 11.6 Å². The summed E-state index contributed by atoms with van der Waals surface area (Å²) in [4.78, 5) is 37.2. The van der Waals surface area contributed by atoms with Crippen molar-refractivity contribution in [3.8, 4) is 11.4 Å². The average molecular weight is 385 g/mol. The van der Waals surface area contributed by atoms with Crippen LogP contribution in [0, 0.1) is 6.92 Å². The van der Waals surface area contributed by atoms with Gasteiger partial charge in [0.25, 0.3) is 11.8 Å². The fourth-order valence-electron chi connectivity index (χ4n) is 3.07. The summed E-state index contributed by atoms with van der Waals surface area (Å²) in [5.41, 5.74) is 4.00. The molecule has 2 amide bonds. The van der Waals surface area contributed by atoms with E-state index in [9.17, 15) is 9.59 Å². The van der Waals surface area contributed by atoms with Crippen LogP contribution in [0.1, 0.15) is 26.5 Å². The number of rotatable bonds is 4. The number of benzene rings is 2. The second-order valence-electron chi connectivity index (χ2n) is 6.56. The number of aromatic amines is 1. The minimum absolute atomic E-state index is 0.278. The number of nitrogens with one attached hydrogen (secondary N) is 3. The summed E-state index contributed by atoms with van der Waals surface area (Å²) in [7, 11) is 1.54. The van der Waals surface area contributed by atoms with E-state index in [1.165, 1.54) is 0 Å². The van der Waals surface area contributed by atoms with Gasteiger partial charge in [0.15, 0.2) is 0 Å². The molecule has 0 bridgehead atoms. The number of hydrogen-bond acceptors (Lipinski definition) is 4. The molecule has 0 unspecified atom stereocenters. The molecular formula is C22H19N5O2. The standard InChI is InChI=1S/C22H19N5O2/c1-13-7-6-10-16(24-13)22(29)27-17-12-19-18(11-15(17)21(28)23-2)25-20(26-19)14-8-4-3-5-9-14/h3-12H,1-2H3,(H,23,28)(H,25,26)(H,27,29). The van der Waals surface area contributed by atoms with Gasteiger partial charge in [0, 0.05) is 18.3 Å². The van der Waals surface area contributed by atoms with Gasteiger partial charge in [-0.1, -0.05) is 36.4 Å². The Bertz CT molecular complexity index is 1210. The molecule has 0 spiro atoms. The maximum absolute atomic E-state index is 12.7. The Morgan fingerprint density at radius 2 is 1.72 bits per heavy atom. The molecule has 7 nitrogen and oxygen atoms in total. The quantitative estimate of drug-likeness (QED) is 0.500. The number of hydrogen-bond donors (Lipinski definition) is 3. The molecule has 0 fully saturated rings. The number of aromatic nitrogens is 3. The van der Waals surface area contributed by atoms with Crippen molar-refractivity contribution in [2.75, 3.05) is 12.4 Å². The van der Waals surface area contributed by atoms with Crippen LogP contribution in [0.4, 0.5) is 5.69 Å². The number of pyridine rings is 1. The summed E-state index contributed by atoms with van der Waals surface area (Å²) in [6.45, 7) is 1.81. The summed E-state index contributed by atoms with van der Waals surface area (Å²) in [6, 6.07) is 18.3. The number of anilines is 1. The fraction of sp³-hybridized carbons (Fsp3) is 0.0909. The van der Waals surface area contributed by atoms with Gasteiger partial charge in [0.2, 0.25) is 0 Å². The second kappa shape index (κ2) is 7.55. The van der Waals surface area contributed by atoms with E-state index < -0.39 is 5.91 Å². The predicted molar refractivity (Wildman–Crippen MR) is 112 cm³/mol. The van der Waals surface area contributed by atoms with Crippen molar-refractivity contribution in [3.05, 3.63) is 77.6 Å². The summed E-state index contributed by atoms with van der Waals surface area (Å²) >= 11 is 0. The summed E-state index contributed by atoms with van der Waals surface area (Å²) in [6.07, 6.45) is 0. The van der Waals surface area contributed by atoms with Crippen molar-refractivity contribution in [2.45, 2.75) is 6.92 Å². The van der Waals surface area contributed by atoms with Gasteiger partial charge >= 0.3 is 0 Å². The molecule has 0 atom stereocenters. The topological polar surface area (TPSA) is 99.8 Å². The highest BCUT2D eigenvalue weighted by Crippen LogP contribution is 2.26. The predicted octanol–water partition coefficient (Wildman–Crippen LogP) is 3.55. The highest BCUT2D eigenvalue weighted by molar-refractivity contribution is 6.10. The molecule has 7 heteroatoms. The number of amides is 2. The Morgan fingerprint density at radius 1 is 0.931 bits per heavy atom. The van der Waals surface area contributed by atoms with Crippen LogP contribution in [0.2, 0.25) is 0 Å². The molecule has 2 heterocycles. The van der Waals surface area contributed by atoms with Crippen LogP contribution < -0.4 is 10.6 Å². The van der Waals surface area contributed by atoms with Gasteiger partial charge in [-0.2, -0.15) is 0 Å². The fourth-order valence-corrected chi connectivity index (χ4v) is 3.07. The Hall–Kier alpha value is -4.00. The van der Waals surface area contributed by atoms with Crippen molar-refractivity contribution in [2.24, 2.45) is 0 Å². The number of carbonyl (C=O) groups is 2. The number of aryl methyl sites for hydroxylation is 1. The number of nitrogens with zero attached hydrogens (tertiary/aromatic N) is 2. The number of H-pyrrole nitrogens is 1. The second-order valence-corrected chi connectivity index (χ2v) is 6.56. The van der Waals surface area contributed by atoms with Crippen LogP contribution in [0.25, 0.3) is 22.4 Å². The van der Waals surface area contributed by atoms with Crippen LogP contribution >= 0.6 is 0 Å². The zero-order valence-electron chi connectivity index (χ0n) is 16.0. The Kier molecular flexibility index (Phi) is 4.78. The van der Waals surface area contributed by atoms with Crippen LogP contribution in [0.15, 0.2) is 60.7 Å². The third-order valence-corrected chi connectivity index (χ3v) is 4.51. The highest BCUT2D eigenvalue weighted by Gasteiger charge is 2.17. The third-order valence-electron chi connectivity index (χ3n) is 4.51. The molecule has 0 radical (unpaired) electrons. The molecule has 2 aromatic carbocycles. The van der Waals surface area contributed by atoms with E-state index in [2.05, 4.69) is 25.6 Å². The molecule has 3 N–H and O–H groups in total. The minimum atomic E-state index is -0.392. The number of imidazole rings is 1. The summed E-state index contributed by atoms with van der Waals surface area (Å²) < 4.78 is 0. The van der Waals surface area contributed by atoms with Crippen LogP contribution in [-0.4, -0.2) is 33.8 Å². The van der Waals surface area contributed by atoms with E-state index in [0.29, 0.717) is 28.1 Å². The lowest BCUT2D eigenvalue weighted by Crippen LogP contribution is -2.22. The highest BCUT2D eigenvalue weighted by atomic mass is 16.2. The number of carbonyl (C=O) groups excluding carboxylic acids is 2. The Morgan fingerprint density at radius 3 is 2.45 bits per heavy atom. The molecule has 0 saturated carbocycles. The van der Waals surface area contributed by atoms with Crippen molar-refractivity contribution in [1.29, 1.82) is 0 Å². The van der Waals surface area contributed by atoms with E-state index in [4.69, 9.17) is 0 Å². The van der Waals surface area contributed by atoms with Gasteiger partial charge in [0.05, 0.1) is 22.3 Å². The lowest BCUT2D eigenvalue weighted by molar-refractivity contribution is 0.0964. The molecule has 4 aromatic rings. The first-order valence-electron chi connectivity index (χ1n) is 9.11. The van der Waals surface area contributed by atoms with E-state index in [0.717, 1.165) is 11.3 Å². The molecule has 0 saturated heterocycles. The van der Waals surface area contributed by atoms with Gasteiger partial charge in [-0.15, -0.1) is 0 Å². The molecule has 0 aliphatic heterocycles. The first-order valence-corrected chi connectivity index (χ1v) is 9.11. The minimum Gasteiger partial charge on any atom is -0.355 e. The van der Waals surface area contributed by atoms with Crippen molar-refractivity contribution >= 4 is 28.5 Å². The molecule has 0 aliphatic carbocycles. The average Bonchev–Trinajstić information content (AvgIpc) is 3.16. The SMILES string of the molecule is CNC(=O)c1cc2[nH]c(-c3ccccc3)nc2cc1NC(=O)c1cccc(C)n1. The molecule has 144 valence electrons. The van der Waals surface area contributed by atoms with Crippen molar-refractivity contribution in [3.63, 3.8) is 0 Å². The van der Waals surface area contributed by atoms with Gasteiger partial charge in [-0.3, -0.25) is 9.59 Å². The lowest BCUT2D eigenvalue weighted by Gasteiger charge is -2.10. The zero-order valence-corrected chi connectivity index (χ0v) is 16.0. The van der Waals surface area contributed by atoms with Crippen LogP contribution in [0.5, 0.6) is 0 Å². The summed E-state index contributed by atoms with van der Waals surface area (Å²) in [5.74, 6) is -0.0143. The molecule has 29 heavy (non-hydrogen) atoms. The normalized spacial score (nSPS) is 10.7. The van der Waals surface area contributed by atoms with E-state index in [1.54, 1.807) is 31.3 Å². The monoisotopic (exact) mass is 385 g/mol.